The molecule has 2 heterocycles. The number of hydrogen-bond acceptors (Lipinski definition) is 3. The van der Waals surface area contributed by atoms with Crippen LogP contribution in [0.25, 0.3) is 0 Å². The van der Waals surface area contributed by atoms with Crippen LogP contribution in [0.5, 0.6) is 0 Å². The van der Waals surface area contributed by atoms with Crippen LogP contribution in [0.15, 0.2) is 36.8 Å². The Balaban J connectivity index is 1.54. The summed E-state index contributed by atoms with van der Waals surface area (Å²) in [4.78, 5) is 12.1. The normalized spacial score (nSPS) is 10.9. The average Bonchev–Trinajstić information content (AvgIpc) is 3.15. The zero-order chi connectivity index (χ0) is 18.7. The van der Waals surface area contributed by atoms with Crippen LogP contribution in [-0.4, -0.2) is 25.5 Å². The third kappa shape index (κ3) is 4.78. The third-order valence-corrected chi connectivity index (χ3v) is 4.81. The van der Waals surface area contributed by atoms with Gasteiger partial charge in [0, 0.05) is 25.4 Å². The van der Waals surface area contributed by atoms with E-state index in [0.29, 0.717) is 33.8 Å². The molecule has 0 saturated heterocycles. The molecule has 2 aromatic heterocycles. The van der Waals surface area contributed by atoms with Crippen molar-refractivity contribution in [1.82, 2.24) is 19.6 Å². The molecule has 136 valence electrons. The maximum Gasteiger partial charge on any atom is 0.226 e. The van der Waals surface area contributed by atoms with Gasteiger partial charge in [-0.25, -0.2) is 0 Å². The number of hydrogen-bond donors (Lipinski definition) is 1. The van der Waals surface area contributed by atoms with Gasteiger partial charge in [-0.3, -0.25) is 14.2 Å². The number of carbonyl (C=O) groups excluding carboxylic acids is 1. The molecule has 0 spiro atoms. The average molecular weight is 413 g/mol. The number of rotatable bonds is 6. The van der Waals surface area contributed by atoms with Crippen molar-refractivity contribution in [1.29, 1.82) is 0 Å². The summed E-state index contributed by atoms with van der Waals surface area (Å²) >= 11 is 17.9. The minimum absolute atomic E-state index is 0.122. The number of halogens is 3. The number of nitrogens with one attached hydrogen (secondary N) is 1. The monoisotopic (exact) mass is 411 g/mol. The van der Waals surface area contributed by atoms with Crippen molar-refractivity contribution >= 4 is 46.4 Å². The fourth-order valence-corrected chi connectivity index (χ4v) is 2.86. The fraction of sp³-hybridized carbons (Fsp3) is 0.235. The van der Waals surface area contributed by atoms with E-state index in [1.165, 1.54) is 0 Å². The molecule has 0 atom stereocenters. The van der Waals surface area contributed by atoms with Gasteiger partial charge in [-0.15, -0.1) is 0 Å². The van der Waals surface area contributed by atoms with E-state index in [1.54, 1.807) is 40.1 Å². The van der Waals surface area contributed by atoms with Gasteiger partial charge in [-0.1, -0.05) is 40.9 Å². The van der Waals surface area contributed by atoms with Crippen LogP contribution in [0.3, 0.4) is 0 Å². The first-order valence-electron chi connectivity index (χ1n) is 7.86. The highest BCUT2D eigenvalue weighted by Gasteiger charge is 2.08. The number of nitrogens with zero attached hydrogens (tertiary/aromatic N) is 4. The zero-order valence-electron chi connectivity index (χ0n) is 13.9. The van der Waals surface area contributed by atoms with E-state index in [-0.39, 0.29) is 12.3 Å². The molecule has 0 fully saturated rings. The molecular formula is C17H16Cl3N5O. The molecule has 0 aliphatic rings. The molecule has 3 rings (SSSR count). The highest BCUT2D eigenvalue weighted by atomic mass is 35.5. The van der Waals surface area contributed by atoms with E-state index in [0.717, 1.165) is 11.3 Å². The molecular weight excluding hydrogens is 397 g/mol. The van der Waals surface area contributed by atoms with E-state index in [2.05, 4.69) is 15.5 Å². The van der Waals surface area contributed by atoms with Crippen LogP contribution < -0.4 is 5.32 Å². The highest BCUT2D eigenvalue weighted by molar-refractivity contribution is 6.42. The Morgan fingerprint density at radius 3 is 2.62 bits per heavy atom. The number of benzene rings is 1. The van der Waals surface area contributed by atoms with Gasteiger partial charge in [0.15, 0.2) is 0 Å². The minimum Gasteiger partial charge on any atom is -0.323 e. The lowest BCUT2D eigenvalue weighted by Crippen LogP contribution is -2.14. The Morgan fingerprint density at radius 2 is 1.92 bits per heavy atom. The van der Waals surface area contributed by atoms with Crippen molar-refractivity contribution < 1.29 is 4.79 Å². The first-order valence-corrected chi connectivity index (χ1v) is 9.00. The standard InChI is InChI=1S/C17H16Cl3N5O/c1-11-16(20)10-24(23-11)5-4-17(26)22-13-7-21-25(9-13)8-12-2-3-14(18)15(19)6-12/h2-3,6-7,9-10H,4-5,8H2,1H3,(H,22,26). The molecule has 0 radical (unpaired) electrons. The largest absolute Gasteiger partial charge is 0.323 e. The summed E-state index contributed by atoms with van der Waals surface area (Å²) in [7, 11) is 0. The SMILES string of the molecule is Cc1nn(CCC(=O)Nc2cnn(Cc3ccc(Cl)c(Cl)c3)c2)cc1Cl. The topological polar surface area (TPSA) is 64.7 Å². The lowest BCUT2D eigenvalue weighted by molar-refractivity contribution is -0.116. The minimum atomic E-state index is -0.122. The van der Waals surface area contributed by atoms with Crippen molar-refractivity contribution in [3.8, 4) is 0 Å². The van der Waals surface area contributed by atoms with Crippen LogP contribution in [0.2, 0.25) is 15.1 Å². The summed E-state index contributed by atoms with van der Waals surface area (Å²) in [6, 6.07) is 5.42. The van der Waals surface area contributed by atoms with Crippen LogP contribution in [-0.2, 0) is 17.9 Å². The molecule has 1 amide bonds. The van der Waals surface area contributed by atoms with Gasteiger partial charge < -0.3 is 5.32 Å². The summed E-state index contributed by atoms with van der Waals surface area (Å²) in [5, 5.41) is 12.9. The molecule has 1 aromatic carbocycles. The van der Waals surface area contributed by atoms with Gasteiger partial charge >= 0.3 is 0 Å². The van der Waals surface area contributed by atoms with Crippen molar-refractivity contribution in [2.24, 2.45) is 0 Å². The second kappa shape index (κ2) is 8.12. The Labute approximate surface area is 165 Å². The molecule has 3 aromatic rings. The summed E-state index contributed by atoms with van der Waals surface area (Å²) in [5.74, 6) is -0.122. The fourth-order valence-electron chi connectivity index (χ4n) is 2.39. The molecule has 9 heteroatoms. The Morgan fingerprint density at radius 1 is 1.12 bits per heavy atom. The van der Waals surface area contributed by atoms with Gasteiger partial charge in [0.25, 0.3) is 0 Å². The van der Waals surface area contributed by atoms with Crippen LogP contribution in [0.4, 0.5) is 5.69 Å². The van der Waals surface area contributed by atoms with Crippen molar-refractivity contribution in [2.45, 2.75) is 26.4 Å². The molecule has 26 heavy (non-hydrogen) atoms. The molecule has 0 bridgehead atoms. The summed E-state index contributed by atoms with van der Waals surface area (Å²) < 4.78 is 3.37. The lowest BCUT2D eigenvalue weighted by atomic mass is 10.2. The van der Waals surface area contributed by atoms with Crippen LogP contribution >= 0.6 is 34.8 Å². The van der Waals surface area contributed by atoms with Gasteiger partial charge in [0.2, 0.25) is 5.91 Å². The third-order valence-electron chi connectivity index (χ3n) is 3.70. The second-order valence-corrected chi connectivity index (χ2v) is 7.02. The maximum atomic E-state index is 12.1. The highest BCUT2D eigenvalue weighted by Crippen LogP contribution is 2.23. The zero-order valence-corrected chi connectivity index (χ0v) is 16.2. The quantitative estimate of drug-likeness (QED) is 0.651. The number of carbonyl (C=O) groups is 1. The van der Waals surface area contributed by atoms with Gasteiger partial charge in [-0.2, -0.15) is 10.2 Å². The van der Waals surface area contributed by atoms with E-state index < -0.39 is 0 Å². The number of aromatic nitrogens is 4. The number of amides is 1. The summed E-state index contributed by atoms with van der Waals surface area (Å²) in [5.41, 5.74) is 2.34. The first kappa shape index (κ1) is 18.8. The molecule has 0 aliphatic heterocycles. The molecule has 1 N–H and O–H groups in total. The molecule has 0 saturated carbocycles. The van der Waals surface area contributed by atoms with Crippen LogP contribution in [0, 0.1) is 6.92 Å². The van der Waals surface area contributed by atoms with Crippen molar-refractivity contribution in [3.63, 3.8) is 0 Å². The Hall–Kier alpha value is -2.02. The smallest absolute Gasteiger partial charge is 0.226 e. The van der Waals surface area contributed by atoms with Crippen molar-refractivity contribution in [2.75, 3.05) is 5.32 Å². The number of anilines is 1. The predicted molar refractivity (Wildman–Crippen MR) is 103 cm³/mol. The first-order chi connectivity index (χ1) is 12.4. The molecule has 0 unspecified atom stereocenters. The van der Waals surface area contributed by atoms with E-state index in [4.69, 9.17) is 34.8 Å². The summed E-state index contributed by atoms with van der Waals surface area (Å²) in [6.45, 7) is 2.80. The van der Waals surface area contributed by atoms with E-state index >= 15 is 0 Å². The van der Waals surface area contributed by atoms with Gasteiger partial charge in [-0.05, 0) is 24.6 Å². The Bertz CT molecular complexity index is 915. The number of aryl methyl sites for hydroxylation is 2. The maximum absolute atomic E-state index is 12.1. The van der Waals surface area contributed by atoms with E-state index in [9.17, 15) is 4.79 Å². The Kier molecular flexibility index (Phi) is 5.86. The molecule has 6 nitrogen and oxygen atoms in total. The predicted octanol–water partition coefficient (Wildman–Crippen LogP) is 4.43. The van der Waals surface area contributed by atoms with Gasteiger partial charge in [0.1, 0.15) is 0 Å². The van der Waals surface area contributed by atoms with Crippen molar-refractivity contribution in [3.05, 3.63) is 63.1 Å². The summed E-state index contributed by atoms with van der Waals surface area (Å²) in [6.07, 6.45) is 5.36. The van der Waals surface area contributed by atoms with Gasteiger partial charge in [0.05, 0.1) is 39.2 Å². The van der Waals surface area contributed by atoms with Crippen LogP contribution in [0.1, 0.15) is 17.7 Å². The van der Waals surface area contributed by atoms with E-state index in [1.807, 2.05) is 13.0 Å². The lowest BCUT2D eigenvalue weighted by Gasteiger charge is -2.04. The molecule has 0 aliphatic carbocycles. The second-order valence-electron chi connectivity index (χ2n) is 5.80.